The molecule has 0 unspecified atom stereocenters. The number of hydrogen-bond acceptors (Lipinski definition) is 3. The molecule has 21 heavy (non-hydrogen) atoms. The van der Waals surface area contributed by atoms with Crippen molar-refractivity contribution in [2.45, 2.75) is 45.1 Å². The second-order valence-corrected chi connectivity index (χ2v) is 5.74. The Kier molecular flexibility index (Phi) is 4.01. The molecule has 3 rings (SSSR count). The molecule has 0 amide bonds. The number of hydrogen-bond donors (Lipinski definition) is 0. The lowest BCUT2D eigenvalue weighted by atomic mass is 9.86. The highest BCUT2D eigenvalue weighted by Crippen LogP contribution is 2.26. The fourth-order valence-electron chi connectivity index (χ4n) is 3.22. The highest BCUT2D eigenvalue weighted by Gasteiger charge is 2.22. The molecule has 4 nitrogen and oxygen atoms in total. The molecule has 4 heteroatoms. The van der Waals surface area contributed by atoms with Crippen molar-refractivity contribution in [1.82, 2.24) is 9.55 Å². The summed E-state index contributed by atoms with van der Waals surface area (Å²) < 4.78 is 1.93. The zero-order valence-electron chi connectivity index (χ0n) is 12.1. The zero-order chi connectivity index (χ0) is 14.7. The van der Waals surface area contributed by atoms with Gasteiger partial charge in [-0.1, -0.05) is 31.4 Å². The summed E-state index contributed by atoms with van der Waals surface area (Å²) in [6.07, 6.45) is 5.83. The number of fused-ring (bicyclic) bond motifs is 1. The molecular weight excluding hydrogens is 262 g/mol. The zero-order valence-corrected chi connectivity index (χ0v) is 12.1. The second kappa shape index (κ2) is 6.09. The first-order chi connectivity index (χ1) is 10.3. The Labute approximate surface area is 124 Å². The molecular formula is C17H19N3O. The summed E-state index contributed by atoms with van der Waals surface area (Å²) in [5.41, 5.74) is 1.81. The van der Waals surface area contributed by atoms with Gasteiger partial charge in [-0.25, -0.2) is 4.98 Å². The number of carbonyl (C=O) groups excluding carboxylic acids is 1. The molecule has 1 aromatic heterocycles. The van der Waals surface area contributed by atoms with Gasteiger partial charge in [-0.3, -0.25) is 4.79 Å². The number of nitriles is 1. The summed E-state index contributed by atoms with van der Waals surface area (Å²) in [6.45, 7) is 0.349. The Balaban J connectivity index is 1.89. The minimum Gasteiger partial charge on any atom is -0.320 e. The van der Waals surface area contributed by atoms with E-state index in [0.717, 1.165) is 36.7 Å². The lowest BCUT2D eigenvalue weighted by molar-refractivity contribution is -0.124. The monoisotopic (exact) mass is 281 g/mol. The SMILES string of the molecule is N#CCc1nc2ccccc2n1CC(=O)C1CCCCC1. The van der Waals surface area contributed by atoms with E-state index in [4.69, 9.17) is 5.26 Å². The van der Waals surface area contributed by atoms with Gasteiger partial charge in [0.25, 0.3) is 0 Å². The highest BCUT2D eigenvalue weighted by molar-refractivity contribution is 5.84. The molecule has 1 aromatic carbocycles. The fraction of sp³-hybridized carbons (Fsp3) is 0.471. The van der Waals surface area contributed by atoms with Gasteiger partial charge in [0, 0.05) is 5.92 Å². The second-order valence-electron chi connectivity index (χ2n) is 5.74. The summed E-state index contributed by atoms with van der Waals surface area (Å²) in [4.78, 5) is 17.0. The summed E-state index contributed by atoms with van der Waals surface area (Å²) in [7, 11) is 0. The maximum atomic E-state index is 12.5. The lowest BCUT2D eigenvalue weighted by Crippen LogP contribution is -2.23. The molecule has 1 heterocycles. The van der Waals surface area contributed by atoms with Crippen LogP contribution in [0.1, 0.15) is 37.9 Å². The van der Waals surface area contributed by atoms with Crippen LogP contribution < -0.4 is 0 Å². The van der Waals surface area contributed by atoms with Crippen molar-refractivity contribution < 1.29 is 4.79 Å². The number of para-hydroxylation sites is 2. The first-order valence-corrected chi connectivity index (χ1v) is 7.63. The van der Waals surface area contributed by atoms with E-state index in [9.17, 15) is 4.79 Å². The molecule has 0 atom stereocenters. The van der Waals surface area contributed by atoms with Gasteiger partial charge in [-0.2, -0.15) is 5.26 Å². The van der Waals surface area contributed by atoms with Crippen LogP contribution in [0.25, 0.3) is 11.0 Å². The number of Topliss-reactive ketones (excluding diaryl/α,β-unsaturated/α-hetero) is 1. The van der Waals surface area contributed by atoms with Gasteiger partial charge >= 0.3 is 0 Å². The molecule has 0 saturated heterocycles. The molecule has 108 valence electrons. The normalized spacial score (nSPS) is 16.0. The topological polar surface area (TPSA) is 58.7 Å². The lowest BCUT2D eigenvalue weighted by Gasteiger charge is -2.20. The molecule has 1 aliphatic carbocycles. The van der Waals surface area contributed by atoms with Crippen LogP contribution >= 0.6 is 0 Å². The summed E-state index contributed by atoms with van der Waals surface area (Å²) in [6, 6.07) is 9.92. The Morgan fingerprint density at radius 1 is 1.29 bits per heavy atom. The van der Waals surface area contributed by atoms with Crippen molar-refractivity contribution in [3.63, 3.8) is 0 Å². The van der Waals surface area contributed by atoms with E-state index >= 15 is 0 Å². The van der Waals surface area contributed by atoms with Crippen LogP contribution in [0.2, 0.25) is 0 Å². The van der Waals surface area contributed by atoms with E-state index in [1.54, 1.807) is 0 Å². The van der Waals surface area contributed by atoms with Crippen LogP contribution in [-0.4, -0.2) is 15.3 Å². The Bertz CT molecular complexity index is 690. The number of ketones is 1. The minimum atomic E-state index is 0.190. The maximum absolute atomic E-state index is 12.5. The highest BCUT2D eigenvalue weighted by atomic mass is 16.1. The van der Waals surface area contributed by atoms with Crippen LogP contribution in [0.3, 0.4) is 0 Å². The number of rotatable bonds is 4. The van der Waals surface area contributed by atoms with E-state index in [-0.39, 0.29) is 18.1 Å². The van der Waals surface area contributed by atoms with Crippen molar-refractivity contribution >= 4 is 16.8 Å². The van der Waals surface area contributed by atoms with Crippen LogP contribution in [0.5, 0.6) is 0 Å². The van der Waals surface area contributed by atoms with Crippen molar-refractivity contribution in [2.24, 2.45) is 5.92 Å². The van der Waals surface area contributed by atoms with Crippen molar-refractivity contribution in [1.29, 1.82) is 5.26 Å². The first kappa shape index (κ1) is 13.8. The summed E-state index contributed by atoms with van der Waals surface area (Å²) in [5, 5.41) is 8.96. The Hall–Kier alpha value is -2.15. The molecule has 0 radical (unpaired) electrons. The molecule has 1 fully saturated rings. The van der Waals surface area contributed by atoms with E-state index in [1.165, 1.54) is 6.42 Å². The number of aromatic nitrogens is 2. The van der Waals surface area contributed by atoms with Crippen molar-refractivity contribution in [3.8, 4) is 6.07 Å². The standard InChI is InChI=1S/C17H19N3O/c18-11-10-17-19-14-8-4-5-9-15(14)20(17)12-16(21)13-6-2-1-3-7-13/h4-5,8-9,13H,1-3,6-7,10,12H2. The van der Waals surface area contributed by atoms with Crippen molar-refractivity contribution in [2.75, 3.05) is 0 Å². The van der Waals surface area contributed by atoms with Crippen LogP contribution in [-0.2, 0) is 17.8 Å². The number of imidazole rings is 1. The average molecular weight is 281 g/mol. The third kappa shape index (κ3) is 2.82. The van der Waals surface area contributed by atoms with Gasteiger partial charge in [0.2, 0.25) is 0 Å². The van der Waals surface area contributed by atoms with E-state index < -0.39 is 0 Å². The predicted octanol–water partition coefficient (Wildman–Crippen LogP) is 3.25. The van der Waals surface area contributed by atoms with Crippen molar-refractivity contribution in [3.05, 3.63) is 30.1 Å². The number of benzene rings is 1. The minimum absolute atomic E-state index is 0.190. The van der Waals surface area contributed by atoms with E-state index in [2.05, 4.69) is 11.1 Å². The largest absolute Gasteiger partial charge is 0.320 e. The smallest absolute Gasteiger partial charge is 0.155 e. The van der Waals surface area contributed by atoms with Gasteiger partial charge in [0.05, 0.1) is 30.1 Å². The molecule has 1 saturated carbocycles. The molecule has 0 bridgehead atoms. The van der Waals surface area contributed by atoms with Gasteiger partial charge < -0.3 is 4.57 Å². The Morgan fingerprint density at radius 2 is 2.05 bits per heavy atom. The first-order valence-electron chi connectivity index (χ1n) is 7.63. The Morgan fingerprint density at radius 3 is 2.81 bits per heavy atom. The van der Waals surface area contributed by atoms with Gasteiger partial charge in [-0.05, 0) is 25.0 Å². The van der Waals surface area contributed by atoms with Gasteiger partial charge in [-0.15, -0.1) is 0 Å². The molecule has 2 aromatic rings. The van der Waals surface area contributed by atoms with Crippen LogP contribution in [0, 0.1) is 17.2 Å². The van der Waals surface area contributed by atoms with Gasteiger partial charge in [0.15, 0.2) is 5.78 Å². The predicted molar refractivity (Wildman–Crippen MR) is 80.6 cm³/mol. The van der Waals surface area contributed by atoms with Crippen LogP contribution in [0.4, 0.5) is 0 Å². The quantitative estimate of drug-likeness (QED) is 0.864. The third-order valence-electron chi connectivity index (χ3n) is 4.35. The molecule has 1 aliphatic rings. The molecule has 0 aliphatic heterocycles. The maximum Gasteiger partial charge on any atom is 0.155 e. The van der Waals surface area contributed by atoms with Crippen LogP contribution in [0.15, 0.2) is 24.3 Å². The molecule has 0 N–H and O–H groups in total. The van der Waals surface area contributed by atoms with E-state index in [0.29, 0.717) is 12.4 Å². The number of nitrogens with zero attached hydrogens (tertiary/aromatic N) is 3. The third-order valence-corrected chi connectivity index (χ3v) is 4.35. The van der Waals surface area contributed by atoms with E-state index in [1.807, 2.05) is 28.8 Å². The molecule has 0 spiro atoms. The van der Waals surface area contributed by atoms with Gasteiger partial charge in [0.1, 0.15) is 5.82 Å². The summed E-state index contributed by atoms with van der Waals surface area (Å²) in [5.74, 6) is 1.18. The summed E-state index contributed by atoms with van der Waals surface area (Å²) >= 11 is 0. The fourth-order valence-corrected chi connectivity index (χ4v) is 3.22. The average Bonchev–Trinajstić information content (AvgIpc) is 2.86. The number of carbonyl (C=O) groups is 1.